The molecule has 0 aromatic rings. The van der Waals surface area contributed by atoms with Crippen molar-refractivity contribution in [2.75, 3.05) is 52.9 Å². The standard InChI is InChI=1S/C12H25N3.C2H6/c1-3-14-6-4-12(5-7-14)15-10-8-13(2)9-11-15;1-2/h12H,3-11H2,1-2H3;1-2H3. The number of hydrogen-bond acceptors (Lipinski definition) is 3. The summed E-state index contributed by atoms with van der Waals surface area (Å²) in [6, 6.07) is 0.876. The maximum Gasteiger partial charge on any atom is 0.0121 e. The number of piperazine rings is 1. The maximum atomic E-state index is 2.72. The average molecular weight is 241 g/mol. The van der Waals surface area contributed by atoms with Gasteiger partial charge in [-0.2, -0.15) is 0 Å². The van der Waals surface area contributed by atoms with Crippen molar-refractivity contribution in [2.45, 2.75) is 39.7 Å². The van der Waals surface area contributed by atoms with Crippen molar-refractivity contribution < 1.29 is 0 Å². The lowest BCUT2D eigenvalue weighted by Crippen LogP contribution is -2.52. The molecule has 3 heteroatoms. The number of likely N-dealkylation sites (N-methyl/N-ethyl adjacent to an activating group) is 1. The van der Waals surface area contributed by atoms with Gasteiger partial charge >= 0.3 is 0 Å². The molecule has 2 heterocycles. The third kappa shape index (κ3) is 4.57. The van der Waals surface area contributed by atoms with Crippen molar-refractivity contribution in [2.24, 2.45) is 0 Å². The van der Waals surface area contributed by atoms with Gasteiger partial charge in [0.05, 0.1) is 0 Å². The zero-order valence-corrected chi connectivity index (χ0v) is 12.3. The summed E-state index contributed by atoms with van der Waals surface area (Å²) >= 11 is 0. The fourth-order valence-corrected chi connectivity index (χ4v) is 2.79. The van der Waals surface area contributed by atoms with Crippen molar-refractivity contribution in [1.29, 1.82) is 0 Å². The van der Waals surface area contributed by atoms with Gasteiger partial charge in [-0.3, -0.25) is 4.90 Å². The fraction of sp³-hybridized carbons (Fsp3) is 1.00. The van der Waals surface area contributed by atoms with Gasteiger partial charge in [0.2, 0.25) is 0 Å². The van der Waals surface area contributed by atoms with Gasteiger partial charge in [0.25, 0.3) is 0 Å². The lowest BCUT2D eigenvalue weighted by atomic mass is 10.0. The van der Waals surface area contributed by atoms with E-state index in [9.17, 15) is 0 Å². The summed E-state index contributed by atoms with van der Waals surface area (Å²) in [4.78, 5) is 7.73. The van der Waals surface area contributed by atoms with Crippen LogP contribution in [0, 0.1) is 0 Å². The monoisotopic (exact) mass is 241 g/mol. The summed E-state index contributed by atoms with van der Waals surface area (Å²) in [6.45, 7) is 15.2. The number of rotatable bonds is 2. The molecule has 0 amide bonds. The second-order valence-electron chi connectivity index (χ2n) is 5.00. The van der Waals surface area contributed by atoms with Crippen LogP contribution in [0.2, 0.25) is 0 Å². The van der Waals surface area contributed by atoms with E-state index in [1.807, 2.05) is 13.8 Å². The molecule has 0 aromatic carbocycles. The highest BCUT2D eigenvalue weighted by molar-refractivity contribution is 4.82. The molecule has 0 unspecified atom stereocenters. The first-order valence-corrected chi connectivity index (χ1v) is 7.44. The minimum Gasteiger partial charge on any atom is -0.304 e. The van der Waals surface area contributed by atoms with Crippen molar-refractivity contribution in [1.82, 2.24) is 14.7 Å². The number of nitrogens with zero attached hydrogens (tertiary/aromatic N) is 3. The quantitative estimate of drug-likeness (QED) is 0.729. The molecule has 2 rings (SSSR count). The third-order valence-electron chi connectivity index (χ3n) is 4.06. The van der Waals surface area contributed by atoms with E-state index >= 15 is 0 Å². The molecule has 2 aliphatic rings. The highest BCUT2D eigenvalue weighted by atomic mass is 15.3. The summed E-state index contributed by atoms with van der Waals surface area (Å²) in [5, 5.41) is 0. The van der Waals surface area contributed by atoms with Crippen LogP contribution in [0.25, 0.3) is 0 Å². The van der Waals surface area contributed by atoms with Crippen LogP contribution in [0.15, 0.2) is 0 Å². The SMILES string of the molecule is CC.CCN1CCC(N2CCN(C)CC2)CC1. The Morgan fingerprint density at radius 3 is 1.88 bits per heavy atom. The normalized spacial score (nSPS) is 25.4. The smallest absolute Gasteiger partial charge is 0.0121 e. The zero-order chi connectivity index (χ0) is 12.7. The van der Waals surface area contributed by atoms with E-state index in [0.29, 0.717) is 0 Å². The molecule has 2 aliphatic heterocycles. The van der Waals surface area contributed by atoms with E-state index in [0.717, 1.165) is 6.04 Å². The Kier molecular flexibility index (Phi) is 7.09. The van der Waals surface area contributed by atoms with Crippen LogP contribution in [-0.2, 0) is 0 Å². The molecule has 3 nitrogen and oxygen atoms in total. The molecule has 0 saturated carbocycles. The molecule has 0 aromatic heterocycles. The summed E-state index contributed by atoms with van der Waals surface area (Å²) in [7, 11) is 2.23. The molecule has 0 N–H and O–H groups in total. The molecule has 17 heavy (non-hydrogen) atoms. The zero-order valence-electron chi connectivity index (χ0n) is 12.3. The van der Waals surface area contributed by atoms with Gasteiger partial charge in [-0.05, 0) is 39.5 Å². The second kappa shape index (κ2) is 8.06. The minimum absolute atomic E-state index is 0.876. The van der Waals surface area contributed by atoms with E-state index in [1.54, 1.807) is 0 Å². The predicted octanol–water partition coefficient (Wildman–Crippen LogP) is 1.74. The van der Waals surface area contributed by atoms with Gasteiger partial charge in [0.15, 0.2) is 0 Å². The van der Waals surface area contributed by atoms with Crippen LogP contribution < -0.4 is 0 Å². The van der Waals surface area contributed by atoms with E-state index < -0.39 is 0 Å². The summed E-state index contributed by atoms with van der Waals surface area (Å²) in [6.07, 6.45) is 2.77. The maximum absolute atomic E-state index is 2.72. The van der Waals surface area contributed by atoms with Gasteiger partial charge in [-0.25, -0.2) is 0 Å². The Balaban J connectivity index is 0.000000686. The Hall–Kier alpha value is -0.120. The third-order valence-corrected chi connectivity index (χ3v) is 4.06. The van der Waals surface area contributed by atoms with E-state index in [4.69, 9.17) is 0 Å². The van der Waals surface area contributed by atoms with Crippen molar-refractivity contribution >= 4 is 0 Å². The molecule has 2 saturated heterocycles. The number of piperidine rings is 1. The first kappa shape index (κ1) is 14.9. The number of hydrogen-bond donors (Lipinski definition) is 0. The first-order chi connectivity index (χ1) is 8.29. The highest BCUT2D eigenvalue weighted by Crippen LogP contribution is 2.17. The van der Waals surface area contributed by atoms with Crippen LogP contribution in [0.4, 0.5) is 0 Å². The van der Waals surface area contributed by atoms with Gasteiger partial charge in [-0.15, -0.1) is 0 Å². The molecular weight excluding hydrogens is 210 g/mol. The first-order valence-electron chi connectivity index (χ1n) is 7.44. The van der Waals surface area contributed by atoms with E-state index in [-0.39, 0.29) is 0 Å². The van der Waals surface area contributed by atoms with Gasteiger partial charge < -0.3 is 9.80 Å². The summed E-state index contributed by atoms with van der Waals surface area (Å²) in [5.74, 6) is 0. The average Bonchev–Trinajstić information content (AvgIpc) is 2.42. The lowest BCUT2D eigenvalue weighted by Gasteiger charge is -2.41. The molecule has 0 atom stereocenters. The topological polar surface area (TPSA) is 9.72 Å². The Bertz CT molecular complexity index is 180. The molecule has 0 radical (unpaired) electrons. The van der Waals surface area contributed by atoms with Gasteiger partial charge in [0, 0.05) is 32.2 Å². The Morgan fingerprint density at radius 2 is 1.41 bits per heavy atom. The predicted molar refractivity (Wildman–Crippen MR) is 75.6 cm³/mol. The van der Waals surface area contributed by atoms with Crippen LogP contribution in [0.5, 0.6) is 0 Å². The Morgan fingerprint density at radius 1 is 0.882 bits per heavy atom. The van der Waals surface area contributed by atoms with Crippen molar-refractivity contribution in [3.05, 3.63) is 0 Å². The van der Waals surface area contributed by atoms with Crippen LogP contribution in [-0.4, -0.2) is 73.6 Å². The number of likely N-dealkylation sites (tertiary alicyclic amines) is 1. The van der Waals surface area contributed by atoms with Crippen LogP contribution in [0.1, 0.15) is 33.6 Å². The Labute approximate surface area is 108 Å². The molecule has 2 fully saturated rings. The molecule has 102 valence electrons. The minimum atomic E-state index is 0.876. The molecule has 0 spiro atoms. The molecular formula is C14H31N3. The highest BCUT2D eigenvalue weighted by Gasteiger charge is 2.25. The van der Waals surface area contributed by atoms with Gasteiger partial charge in [-0.1, -0.05) is 20.8 Å². The lowest BCUT2D eigenvalue weighted by molar-refractivity contribution is 0.0693. The summed E-state index contributed by atoms with van der Waals surface area (Å²) < 4.78 is 0. The van der Waals surface area contributed by atoms with Crippen molar-refractivity contribution in [3.63, 3.8) is 0 Å². The van der Waals surface area contributed by atoms with Crippen LogP contribution >= 0.6 is 0 Å². The molecule has 0 aliphatic carbocycles. The molecule has 0 bridgehead atoms. The van der Waals surface area contributed by atoms with Gasteiger partial charge in [0.1, 0.15) is 0 Å². The second-order valence-corrected chi connectivity index (χ2v) is 5.00. The van der Waals surface area contributed by atoms with E-state index in [2.05, 4.69) is 28.7 Å². The summed E-state index contributed by atoms with van der Waals surface area (Å²) in [5.41, 5.74) is 0. The largest absolute Gasteiger partial charge is 0.304 e. The fourth-order valence-electron chi connectivity index (χ4n) is 2.79. The van der Waals surface area contributed by atoms with E-state index in [1.165, 1.54) is 58.7 Å². The van der Waals surface area contributed by atoms with Crippen LogP contribution in [0.3, 0.4) is 0 Å². The van der Waals surface area contributed by atoms with Crippen molar-refractivity contribution in [3.8, 4) is 0 Å².